The maximum atomic E-state index is 11.3. The molecule has 0 amide bonds. The van der Waals surface area contributed by atoms with Crippen LogP contribution in [-0.2, 0) is 51.7 Å². The number of ketones is 4. The Hall–Kier alpha value is -5.22. The Morgan fingerprint density at radius 1 is 0.636 bits per heavy atom. The van der Waals surface area contributed by atoms with E-state index >= 15 is 0 Å². The number of carbonyl (C=O) groups is 4. The zero-order valence-electron chi connectivity index (χ0n) is 40.8. The molecule has 5 aromatic rings. The minimum atomic E-state index is 0. The van der Waals surface area contributed by atoms with E-state index in [0.717, 1.165) is 75.3 Å². The van der Waals surface area contributed by atoms with E-state index in [1.807, 2.05) is 44.2 Å². The number of carbonyl (C=O) groups excluding carboxylic acids is 4. The van der Waals surface area contributed by atoms with Gasteiger partial charge in [0.1, 0.15) is 23.1 Å². The van der Waals surface area contributed by atoms with Crippen LogP contribution < -0.4 is 21.5 Å². The molecule has 0 spiro atoms. The van der Waals surface area contributed by atoms with Crippen molar-refractivity contribution in [2.45, 2.75) is 114 Å². The van der Waals surface area contributed by atoms with Crippen molar-refractivity contribution < 1.29 is 40.7 Å². The summed E-state index contributed by atoms with van der Waals surface area (Å²) in [4.78, 5) is 53.4. The van der Waals surface area contributed by atoms with Crippen LogP contribution in [0.1, 0.15) is 106 Å². The van der Waals surface area contributed by atoms with Gasteiger partial charge in [0, 0.05) is 88.0 Å². The molecule has 2 aliphatic heterocycles. The number of likely N-dealkylation sites (tertiary alicyclic amines) is 1. The third-order valence-electron chi connectivity index (χ3n) is 12.1. The number of Topliss-reactive ketones (excluding diaryl/α,β-unsaturated/α-hetero) is 4. The van der Waals surface area contributed by atoms with Gasteiger partial charge in [-0.1, -0.05) is 103 Å². The lowest BCUT2D eigenvalue weighted by Gasteiger charge is -2.36. The van der Waals surface area contributed by atoms with Crippen LogP contribution in [0.15, 0.2) is 139 Å². The van der Waals surface area contributed by atoms with Crippen molar-refractivity contribution >= 4 is 23.1 Å². The fourth-order valence-electron chi connectivity index (χ4n) is 8.27. The van der Waals surface area contributed by atoms with Gasteiger partial charge in [-0.25, -0.2) is 4.57 Å². The largest absolute Gasteiger partial charge is 1.00 e. The molecule has 0 aliphatic carbocycles. The van der Waals surface area contributed by atoms with E-state index in [9.17, 15) is 19.2 Å². The highest BCUT2D eigenvalue weighted by atomic mass is 79.9. The molecule has 4 heterocycles. The minimum absolute atomic E-state index is 0. The lowest BCUT2D eigenvalue weighted by atomic mass is 9.83. The first-order valence-electron chi connectivity index (χ1n) is 23.2. The van der Waals surface area contributed by atoms with Gasteiger partial charge in [0.2, 0.25) is 0 Å². The standard InChI is InChI=1S/C16H23NO.C16H21NO.C16H18NO.C9H11NO.BrH/c3*1-13-8-9-17(12-16(13)10-14(2)18)11-15-6-4-3-5-7-15;1-7-3-4-10-6-9(7)5-8(2)11;/h3-7,13,16H,8-12H2,1-2H3;3-7H,8-12H2,1-2H3;3-9,12H,10-11H2,1-2H3;3-4,6H,5H2,1-2H3;1H/q;;+1;;/p-1/t13-,16+;;;;/m1..../s1. The van der Waals surface area contributed by atoms with Gasteiger partial charge in [-0.2, -0.15) is 0 Å². The van der Waals surface area contributed by atoms with Crippen LogP contribution >= 0.6 is 0 Å². The highest BCUT2D eigenvalue weighted by Crippen LogP contribution is 2.27. The van der Waals surface area contributed by atoms with Crippen LogP contribution in [-0.4, -0.2) is 64.1 Å². The number of hydrogen-bond acceptors (Lipinski definition) is 7. The van der Waals surface area contributed by atoms with Crippen LogP contribution in [0.2, 0.25) is 0 Å². The quantitative estimate of drug-likeness (QED) is 0.0853. The molecule has 0 unspecified atom stereocenters. The summed E-state index contributed by atoms with van der Waals surface area (Å²) < 4.78 is 2.13. The SMILES string of the molecule is CC(=O)CC1=C(C)CCN(Cc2ccccc2)C1.CC(=O)C[C@H]1CN(Cc2ccccc2)CC[C@H]1C.CC(=O)Cc1c[n+](Cc2ccccc2)ccc1C.CC(=O)Cc1cnccc1C.[Br-]. The topological polar surface area (TPSA) is 91.5 Å². The summed E-state index contributed by atoms with van der Waals surface area (Å²) in [5.74, 6) is 2.21. The molecule has 0 radical (unpaired) electrons. The summed E-state index contributed by atoms with van der Waals surface area (Å²) in [7, 11) is 0. The molecule has 2 aliphatic rings. The molecule has 352 valence electrons. The second-order valence-corrected chi connectivity index (χ2v) is 18.2. The number of pyridine rings is 2. The number of halogens is 1. The molecular weight excluding hydrogens is 885 g/mol. The van der Waals surface area contributed by atoms with Crippen molar-refractivity contribution in [1.82, 2.24) is 14.8 Å². The van der Waals surface area contributed by atoms with Gasteiger partial charge in [-0.05, 0) is 119 Å². The number of benzene rings is 3. The van der Waals surface area contributed by atoms with Crippen molar-refractivity contribution in [3.63, 3.8) is 0 Å². The Balaban J connectivity index is 0.000000236. The lowest BCUT2D eigenvalue weighted by molar-refractivity contribution is -0.688. The zero-order chi connectivity index (χ0) is 47.1. The predicted molar refractivity (Wildman–Crippen MR) is 263 cm³/mol. The zero-order valence-corrected chi connectivity index (χ0v) is 42.4. The molecule has 1 saturated heterocycles. The molecular formula is C57H73BrN4O4. The van der Waals surface area contributed by atoms with Gasteiger partial charge in [-0.3, -0.25) is 29.2 Å². The number of aromatic nitrogens is 2. The van der Waals surface area contributed by atoms with Crippen molar-refractivity contribution in [1.29, 1.82) is 0 Å². The lowest BCUT2D eigenvalue weighted by Crippen LogP contribution is -3.00. The molecule has 0 N–H and O–H groups in total. The Labute approximate surface area is 406 Å². The second-order valence-electron chi connectivity index (χ2n) is 18.2. The van der Waals surface area contributed by atoms with Crippen LogP contribution in [0.5, 0.6) is 0 Å². The third-order valence-corrected chi connectivity index (χ3v) is 12.1. The van der Waals surface area contributed by atoms with Gasteiger partial charge < -0.3 is 21.8 Å². The van der Waals surface area contributed by atoms with E-state index in [0.29, 0.717) is 36.9 Å². The number of rotatable bonds is 14. The average Bonchev–Trinajstić information content (AvgIpc) is 3.26. The van der Waals surface area contributed by atoms with Gasteiger partial charge in [0.25, 0.3) is 0 Å². The van der Waals surface area contributed by atoms with Crippen molar-refractivity contribution in [2.24, 2.45) is 11.8 Å². The van der Waals surface area contributed by atoms with E-state index in [4.69, 9.17) is 0 Å². The number of piperidine rings is 1. The van der Waals surface area contributed by atoms with Gasteiger partial charge in [-0.15, -0.1) is 0 Å². The average molecular weight is 958 g/mol. The summed E-state index contributed by atoms with van der Waals surface area (Å²) in [6.07, 6.45) is 12.3. The van der Waals surface area contributed by atoms with E-state index in [1.54, 1.807) is 40.1 Å². The van der Waals surface area contributed by atoms with Gasteiger partial charge in [0.15, 0.2) is 18.9 Å². The van der Waals surface area contributed by atoms with Crippen LogP contribution in [0, 0.1) is 25.7 Å². The Morgan fingerprint density at radius 3 is 1.71 bits per heavy atom. The number of aryl methyl sites for hydroxylation is 2. The van der Waals surface area contributed by atoms with Gasteiger partial charge >= 0.3 is 0 Å². The molecule has 2 atom stereocenters. The van der Waals surface area contributed by atoms with Crippen molar-refractivity contribution in [3.8, 4) is 0 Å². The fraction of sp³-hybridized carbons (Fsp3) is 0.404. The molecule has 66 heavy (non-hydrogen) atoms. The first kappa shape index (κ1) is 55.1. The smallest absolute Gasteiger partial charge is 0.173 e. The molecule has 3 aromatic carbocycles. The van der Waals surface area contributed by atoms with E-state index in [-0.39, 0.29) is 34.3 Å². The Kier molecular flexibility index (Phi) is 24.6. The first-order chi connectivity index (χ1) is 31.1. The first-order valence-corrected chi connectivity index (χ1v) is 23.2. The van der Waals surface area contributed by atoms with E-state index in [2.05, 4.69) is 118 Å². The molecule has 1 fully saturated rings. The molecule has 8 nitrogen and oxygen atoms in total. The maximum absolute atomic E-state index is 11.3. The fourth-order valence-corrected chi connectivity index (χ4v) is 8.27. The minimum Gasteiger partial charge on any atom is -1.00 e. The molecule has 0 bridgehead atoms. The van der Waals surface area contributed by atoms with Crippen LogP contribution in [0.3, 0.4) is 0 Å². The number of hydrogen-bond donors (Lipinski definition) is 0. The van der Waals surface area contributed by atoms with Gasteiger partial charge in [0.05, 0.1) is 0 Å². The third kappa shape index (κ3) is 21.0. The summed E-state index contributed by atoms with van der Waals surface area (Å²) in [5.41, 5.74) is 11.2. The van der Waals surface area contributed by atoms with Crippen LogP contribution in [0.25, 0.3) is 0 Å². The second kappa shape index (κ2) is 29.4. The Morgan fingerprint density at radius 2 is 1.17 bits per heavy atom. The summed E-state index contributed by atoms with van der Waals surface area (Å²) in [6, 6.07) is 35.4. The predicted octanol–water partition coefficient (Wildman–Crippen LogP) is 7.30. The Bertz CT molecular complexity index is 2300. The van der Waals surface area contributed by atoms with Crippen molar-refractivity contribution in [2.75, 3.05) is 26.2 Å². The number of nitrogens with zero attached hydrogens (tertiary/aromatic N) is 4. The molecule has 7 rings (SSSR count). The molecule has 9 heteroatoms. The van der Waals surface area contributed by atoms with Crippen LogP contribution in [0.4, 0.5) is 0 Å². The monoisotopic (exact) mass is 956 g/mol. The molecule has 0 saturated carbocycles. The maximum Gasteiger partial charge on any atom is 0.173 e. The summed E-state index contributed by atoms with van der Waals surface area (Å²) in [5, 5.41) is 0. The highest BCUT2D eigenvalue weighted by Gasteiger charge is 2.27. The highest BCUT2D eigenvalue weighted by molar-refractivity contribution is 5.79. The molecule has 2 aromatic heterocycles. The summed E-state index contributed by atoms with van der Waals surface area (Å²) in [6.45, 7) is 22.2. The van der Waals surface area contributed by atoms with E-state index < -0.39 is 0 Å². The summed E-state index contributed by atoms with van der Waals surface area (Å²) >= 11 is 0. The van der Waals surface area contributed by atoms with E-state index in [1.165, 1.54) is 39.8 Å². The van der Waals surface area contributed by atoms with Crippen molar-refractivity contribution in [3.05, 3.63) is 178 Å². The normalized spacial score (nSPS) is 15.9.